The van der Waals surface area contributed by atoms with Gasteiger partial charge in [-0.3, -0.25) is 0 Å². The first-order valence-electron chi connectivity index (χ1n) is 3.71. The highest BCUT2D eigenvalue weighted by Gasteiger charge is 1.97. The van der Waals surface area contributed by atoms with Crippen molar-refractivity contribution < 1.29 is 0 Å². The zero-order valence-corrected chi connectivity index (χ0v) is 6.78. The summed E-state index contributed by atoms with van der Waals surface area (Å²) in [5.41, 5.74) is 5.39. The van der Waals surface area contributed by atoms with Gasteiger partial charge in [-0.05, 0) is 10.4 Å². The molecule has 8 heteroatoms. The normalized spacial score (nSPS) is 10.5. The summed E-state index contributed by atoms with van der Waals surface area (Å²) in [5, 5.41) is 18.5. The number of nitrogens with two attached hydrogens (primary N) is 1. The zero-order valence-electron chi connectivity index (χ0n) is 6.78. The van der Waals surface area contributed by atoms with E-state index in [-0.39, 0.29) is 0 Å². The molecule has 8 nitrogen and oxygen atoms in total. The Hall–Kier alpha value is -1.99. The second-order valence-electron chi connectivity index (χ2n) is 2.44. The molecule has 2 aromatic rings. The largest absolute Gasteiger partial charge is 0.381 e. The molecule has 0 aromatic carbocycles. The summed E-state index contributed by atoms with van der Waals surface area (Å²) in [6, 6.07) is 0. The predicted molar refractivity (Wildman–Crippen MR) is 42.3 cm³/mol. The number of nitrogens with zero attached hydrogens (tertiary/aromatic N) is 7. The Bertz CT molecular complexity index is 362. The molecule has 0 aliphatic heterocycles. The molecule has 2 rings (SSSR count). The molecule has 0 spiro atoms. The predicted octanol–water partition coefficient (Wildman–Crippen LogP) is -1.45. The van der Waals surface area contributed by atoms with Gasteiger partial charge in [-0.25, -0.2) is 4.68 Å². The first kappa shape index (κ1) is 7.65. The van der Waals surface area contributed by atoms with E-state index in [4.69, 9.17) is 5.73 Å². The first-order valence-corrected chi connectivity index (χ1v) is 3.71. The van der Waals surface area contributed by atoms with Crippen LogP contribution in [0, 0.1) is 0 Å². The minimum atomic E-state index is 0.414. The highest BCUT2D eigenvalue weighted by molar-refractivity contribution is 5.19. The summed E-state index contributed by atoms with van der Waals surface area (Å²) in [6.45, 7) is 1.23. The van der Waals surface area contributed by atoms with Crippen LogP contribution in [0.25, 0.3) is 0 Å². The molecule has 2 aromatic heterocycles. The second-order valence-corrected chi connectivity index (χ2v) is 2.44. The number of rotatable bonds is 3. The van der Waals surface area contributed by atoms with Gasteiger partial charge in [0.25, 0.3) is 0 Å². The number of hydrogen-bond acceptors (Lipinski definition) is 6. The van der Waals surface area contributed by atoms with Crippen LogP contribution < -0.4 is 5.73 Å². The monoisotopic (exact) mass is 180 g/mol. The third-order valence-corrected chi connectivity index (χ3v) is 1.47. The fraction of sp³-hybridized carbons (Fsp3) is 0.400. The lowest BCUT2D eigenvalue weighted by Gasteiger charge is -1.97. The van der Waals surface area contributed by atoms with Crippen LogP contribution in [0.1, 0.15) is 0 Å². The van der Waals surface area contributed by atoms with Crippen LogP contribution in [0.5, 0.6) is 0 Å². The first-order chi connectivity index (χ1) is 6.34. The Morgan fingerprint density at radius 2 is 2.31 bits per heavy atom. The highest BCUT2D eigenvalue weighted by Crippen LogP contribution is 1.91. The van der Waals surface area contributed by atoms with Crippen LogP contribution >= 0.6 is 0 Å². The lowest BCUT2D eigenvalue weighted by Crippen LogP contribution is -2.10. The Kier molecular flexibility index (Phi) is 1.87. The number of hydrogen-bond donors (Lipinski definition) is 1. The van der Waals surface area contributed by atoms with Crippen LogP contribution in [0.4, 0.5) is 5.82 Å². The van der Waals surface area contributed by atoms with E-state index in [1.807, 2.05) is 0 Å². The standard InChI is InChI=1S/C5H8N8/c6-5-3-8-13(9-5)2-1-12-4-7-10-11-12/h3-4H,1-2H2,(H2,6,9). The molecule has 0 amide bonds. The van der Waals surface area contributed by atoms with E-state index in [0.29, 0.717) is 18.9 Å². The van der Waals surface area contributed by atoms with Gasteiger partial charge in [0.05, 0.1) is 19.3 Å². The molecule has 2 N–H and O–H groups in total. The summed E-state index contributed by atoms with van der Waals surface area (Å²) in [5.74, 6) is 0.414. The van der Waals surface area contributed by atoms with E-state index in [0.717, 1.165) is 0 Å². The maximum Gasteiger partial charge on any atom is 0.165 e. The summed E-state index contributed by atoms with van der Waals surface area (Å²) in [4.78, 5) is 1.50. The number of aromatic nitrogens is 7. The number of aryl methyl sites for hydroxylation is 2. The lowest BCUT2D eigenvalue weighted by atomic mass is 10.6. The van der Waals surface area contributed by atoms with Crippen LogP contribution in [-0.2, 0) is 13.1 Å². The molecule has 0 saturated carbocycles. The minimum absolute atomic E-state index is 0.414. The summed E-state index contributed by atoms with van der Waals surface area (Å²) in [6.07, 6.45) is 3.03. The van der Waals surface area contributed by atoms with Crippen molar-refractivity contribution in [2.24, 2.45) is 0 Å². The molecule has 13 heavy (non-hydrogen) atoms. The number of tetrazole rings is 1. The van der Waals surface area contributed by atoms with Gasteiger partial charge >= 0.3 is 0 Å². The highest BCUT2D eigenvalue weighted by atomic mass is 15.5. The van der Waals surface area contributed by atoms with Crippen LogP contribution in [0.2, 0.25) is 0 Å². The molecule has 0 atom stereocenters. The molecule has 68 valence electrons. The van der Waals surface area contributed by atoms with E-state index in [2.05, 4.69) is 25.7 Å². The van der Waals surface area contributed by atoms with E-state index >= 15 is 0 Å². The molecule has 0 fully saturated rings. The van der Waals surface area contributed by atoms with Crippen molar-refractivity contribution in [2.75, 3.05) is 5.73 Å². The fourth-order valence-electron chi connectivity index (χ4n) is 0.893. The molecule has 0 unspecified atom stereocenters. The molecule has 0 aliphatic rings. The minimum Gasteiger partial charge on any atom is -0.381 e. The van der Waals surface area contributed by atoms with Crippen LogP contribution in [0.15, 0.2) is 12.5 Å². The Morgan fingerprint density at radius 1 is 1.38 bits per heavy atom. The van der Waals surface area contributed by atoms with Crippen molar-refractivity contribution in [2.45, 2.75) is 13.1 Å². The molecule has 0 saturated heterocycles. The SMILES string of the molecule is Nc1cnn(CCn2cnnn2)n1. The van der Waals surface area contributed by atoms with Gasteiger partial charge in [0.2, 0.25) is 0 Å². The smallest absolute Gasteiger partial charge is 0.165 e. The van der Waals surface area contributed by atoms with Gasteiger partial charge < -0.3 is 5.73 Å². The van der Waals surface area contributed by atoms with Gasteiger partial charge in [0.15, 0.2) is 5.82 Å². The van der Waals surface area contributed by atoms with E-state index in [1.54, 1.807) is 4.68 Å². The third-order valence-electron chi connectivity index (χ3n) is 1.47. The van der Waals surface area contributed by atoms with E-state index in [1.165, 1.54) is 17.3 Å². The maximum absolute atomic E-state index is 5.39. The Labute approximate surface area is 73.3 Å². The average molecular weight is 180 g/mol. The lowest BCUT2D eigenvalue weighted by molar-refractivity contribution is 0.452. The van der Waals surface area contributed by atoms with Gasteiger partial charge in [0.1, 0.15) is 6.33 Å². The molecular weight excluding hydrogens is 172 g/mol. The van der Waals surface area contributed by atoms with Crippen molar-refractivity contribution in [1.29, 1.82) is 0 Å². The van der Waals surface area contributed by atoms with Crippen molar-refractivity contribution in [1.82, 2.24) is 35.2 Å². The molecule has 0 aliphatic carbocycles. The van der Waals surface area contributed by atoms with E-state index < -0.39 is 0 Å². The molecule has 0 bridgehead atoms. The van der Waals surface area contributed by atoms with Crippen molar-refractivity contribution in [3.63, 3.8) is 0 Å². The topological polar surface area (TPSA) is 100 Å². The summed E-state index contributed by atoms with van der Waals surface area (Å²) < 4.78 is 1.60. The Morgan fingerprint density at radius 3 is 2.92 bits per heavy atom. The maximum atomic E-state index is 5.39. The van der Waals surface area contributed by atoms with Crippen molar-refractivity contribution in [3.8, 4) is 0 Å². The summed E-state index contributed by atoms with van der Waals surface area (Å²) in [7, 11) is 0. The van der Waals surface area contributed by atoms with Crippen LogP contribution in [0.3, 0.4) is 0 Å². The third kappa shape index (κ3) is 1.78. The van der Waals surface area contributed by atoms with Crippen LogP contribution in [-0.4, -0.2) is 35.2 Å². The van der Waals surface area contributed by atoms with Crippen molar-refractivity contribution in [3.05, 3.63) is 12.5 Å². The number of nitrogen functional groups attached to an aromatic ring is 1. The second kappa shape index (κ2) is 3.17. The van der Waals surface area contributed by atoms with Crippen molar-refractivity contribution >= 4 is 5.82 Å². The average Bonchev–Trinajstić information content (AvgIpc) is 2.71. The molecular formula is C5H8N8. The van der Waals surface area contributed by atoms with E-state index in [9.17, 15) is 0 Å². The Balaban J connectivity index is 1.93. The zero-order chi connectivity index (χ0) is 9.10. The molecule has 0 radical (unpaired) electrons. The molecule has 2 heterocycles. The number of anilines is 1. The summed E-state index contributed by atoms with van der Waals surface area (Å²) >= 11 is 0. The fourth-order valence-corrected chi connectivity index (χ4v) is 0.893. The quantitative estimate of drug-likeness (QED) is 0.620. The van der Waals surface area contributed by atoms with Gasteiger partial charge in [-0.15, -0.1) is 10.2 Å². The van der Waals surface area contributed by atoms with Gasteiger partial charge in [0, 0.05) is 0 Å². The van der Waals surface area contributed by atoms with Gasteiger partial charge in [-0.2, -0.15) is 9.90 Å². The van der Waals surface area contributed by atoms with Gasteiger partial charge in [-0.1, -0.05) is 0 Å².